The fourth-order valence-corrected chi connectivity index (χ4v) is 3.97. The zero-order valence-electron chi connectivity index (χ0n) is 15.2. The van der Waals surface area contributed by atoms with Crippen LogP contribution in [0.5, 0.6) is 5.75 Å². The van der Waals surface area contributed by atoms with Crippen molar-refractivity contribution in [3.63, 3.8) is 0 Å². The van der Waals surface area contributed by atoms with Gasteiger partial charge in [0.25, 0.3) is 11.9 Å². The molecule has 0 fully saturated rings. The van der Waals surface area contributed by atoms with Crippen LogP contribution in [0, 0.1) is 0 Å². The van der Waals surface area contributed by atoms with Gasteiger partial charge in [-0.3, -0.25) is 0 Å². The minimum Gasteiger partial charge on any atom is -0.494 e. The maximum Gasteiger partial charge on any atom is 0.636 e. The van der Waals surface area contributed by atoms with Gasteiger partial charge in [-0.1, -0.05) is 40.2 Å². The number of halogens is 1. The van der Waals surface area contributed by atoms with Crippen LogP contribution < -0.4 is 10.2 Å². The van der Waals surface area contributed by atoms with Crippen molar-refractivity contribution in [1.29, 1.82) is 0 Å². The molecule has 0 aromatic heterocycles. The Labute approximate surface area is 171 Å². The molecule has 144 valence electrons. The van der Waals surface area contributed by atoms with Gasteiger partial charge in [0, 0.05) is 17.0 Å². The number of aliphatic hydroxyl groups excluding tert-OH is 2. The Bertz CT molecular complexity index is 909. The maximum absolute atomic E-state index is 9.84. The molecule has 8 heteroatoms. The van der Waals surface area contributed by atoms with E-state index in [1.165, 1.54) is 28.4 Å². The molecule has 0 saturated heterocycles. The summed E-state index contributed by atoms with van der Waals surface area (Å²) >= 11 is 3.60. The highest BCUT2D eigenvalue weighted by molar-refractivity contribution is 9.10. The molecule has 4 rings (SSSR count). The molecule has 0 spiro atoms. The first-order valence-electron chi connectivity index (χ1n) is 8.90. The molecular formula is C20H19BBrNO5. The van der Waals surface area contributed by atoms with Crippen molar-refractivity contribution in [2.75, 3.05) is 7.05 Å². The van der Waals surface area contributed by atoms with Crippen molar-refractivity contribution < 1.29 is 24.3 Å². The average molecular weight is 444 g/mol. The Morgan fingerprint density at radius 1 is 1.07 bits per heavy atom. The lowest BCUT2D eigenvalue weighted by Crippen LogP contribution is -2.37. The van der Waals surface area contributed by atoms with Crippen LogP contribution in [0.25, 0.3) is 0 Å². The first-order valence-corrected chi connectivity index (χ1v) is 9.69. The third-order valence-corrected chi connectivity index (χ3v) is 5.42. The van der Waals surface area contributed by atoms with E-state index in [4.69, 9.17) is 14.0 Å². The Kier molecular flexibility index (Phi) is 5.13. The van der Waals surface area contributed by atoms with E-state index >= 15 is 0 Å². The van der Waals surface area contributed by atoms with Crippen LogP contribution in [-0.2, 0) is 15.7 Å². The fraction of sp³-hybridized carbons (Fsp3) is 0.200. The molecule has 28 heavy (non-hydrogen) atoms. The van der Waals surface area contributed by atoms with E-state index in [9.17, 15) is 10.2 Å². The van der Waals surface area contributed by atoms with Crippen molar-refractivity contribution in [1.82, 2.24) is 4.90 Å². The van der Waals surface area contributed by atoms with E-state index in [0.29, 0.717) is 5.46 Å². The third-order valence-electron chi connectivity index (χ3n) is 4.67. The molecule has 0 bridgehead atoms. The third kappa shape index (κ3) is 3.92. The first-order chi connectivity index (χ1) is 13.5. The number of aliphatic hydroxyl groups is 2. The number of fused-ring (bicyclic) bond motifs is 1. The van der Waals surface area contributed by atoms with Gasteiger partial charge >= 0.3 is 7.12 Å². The molecule has 0 saturated carbocycles. The predicted molar refractivity (Wildman–Crippen MR) is 109 cm³/mol. The number of rotatable bonds is 3. The summed E-state index contributed by atoms with van der Waals surface area (Å²) < 4.78 is 18.0. The highest BCUT2D eigenvalue weighted by atomic mass is 79.9. The second kappa shape index (κ2) is 7.71. The van der Waals surface area contributed by atoms with Gasteiger partial charge in [-0.25, -0.2) is 0 Å². The summed E-state index contributed by atoms with van der Waals surface area (Å²) in [5.74, 6) is 0.0983. The first kappa shape index (κ1) is 18.6. The molecule has 1 aliphatic carbocycles. The molecule has 0 amide bonds. The highest BCUT2D eigenvalue weighted by Crippen LogP contribution is 2.38. The van der Waals surface area contributed by atoms with E-state index < -0.39 is 7.12 Å². The van der Waals surface area contributed by atoms with Crippen molar-refractivity contribution in [3.05, 3.63) is 82.4 Å². The highest BCUT2D eigenvalue weighted by Gasteiger charge is 2.30. The van der Waals surface area contributed by atoms with Gasteiger partial charge in [0.2, 0.25) is 0 Å². The summed E-state index contributed by atoms with van der Waals surface area (Å²) in [7, 11) is 0.657. The molecule has 0 radical (unpaired) electrons. The Hall–Kier alpha value is -2.74. The van der Waals surface area contributed by atoms with E-state index in [-0.39, 0.29) is 18.0 Å². The zero-order chi connectivity index (χ0) is 19.7. The normalized spacial score (nSPS) is 20.7. The van der Waals surface area contributed by atoms with Crippen LogP contribution in [-0.4, -0.2) is 29.3 Å². The smallest absolute Gasteiger partial charge is 0.494 e. The van der Waals surface area contributed by atoms with Crippen molar-refractivity contribution in [2.24, 2.45) is 0 Å². The Balaban J connectivity index is 1.49. The molecule has 1 unspecified atom stereocenters. The van der Waals surface area contributed by atoms with Gasteiger partial charge in [0.1, 0.15) is 11.9 Å². The van der Waals surface area contributed by atoms with E-state index in [1.807, 2.05) is 18.2 Å². The summed E-state index contributed by atoms with van der Waals surface area (Å²) in [5.41, 5.74) is 3.14. The number of hydrogen-bond donors (Lipinski definition) is 2. The molecule has 1 heterocycles. The number of ether oxygens (including phenoxy) is 1. The number of hydrogen-bond acceptors (Lipinski definition) is 6. The lowest BCUT2D eigenvalue weighted by Gasteiger charge is -2.20. The van der Waals surface area contributed by atoms with Crippen LogP contribution in [0.4, 0.5) is 0 Å². The van der Waals surface area contributed by atoms with Gasteiger partial charge in [-0.15, -0.1) is 0 Å². The van der Waals surface area contributed by atoms with Crippen LogP contribution in [0.2, 0.25) is 0 Å². The predicted octanol–water partition coefficient (Wildman–Crippen LogP) is 3.90. The maximum atomic E-state index is 9.84. The van der Waals surface area contributed by atoms with E-state index in [2.05, 4.69) is 28.1 Å². The molecule has 6 nitrogen and oxygen atoms in total. The Morgan fingerprint density at radius 3 is 2.43 bits per heavy atom. The molecular weight excluding hydrogens is 425 g/mol. The van der Waals surface area contributed by atoms with Gasteiger partial charge in [-0.2, -0.15) is 0 Å². The zero-order valence-corrected chi connectivity index (χ0v) is 16.8. The second-order valence-corrected chi connectivity index (χ2v) is 7.54. The molecule has 2 aliphatic rings. The molecule has 2 aromatic carbocycles. The molecule has 1 atom stereocenters. The molecule has 2 aromatic rings. The quantitative estimate of drug-likeness (QED) is 0.701. The fourth-order valence-electron chi connectivity index (χ4n) is 3.39. The summed E-state index contributed by atoms with van der Waals surface area (Å²) in [5, 5.41) is 19.7. The standard InChI is InChI=1S/C20H19BBrNO5/c1-23-11-19(24)27-21(28-20(25)12-23)13-5-7-14(8-6-13)26-18-10-9-15-16(18)3-2-4-17(15)22/h2-8,11-12,18,24-25H,9-10H2,1H3/b19-11-,20-12?. The van der Waals surface area contributed by atoms with Crippen molar-refractivity contribution >= 4 is 28.5 Å². The van der Waals surface area contributed by atoms with Crippen LogP contribution in [0.1, 0.15) is 23.7 Å². The largest absolute Gasteiger partial charge is 0.636 e. The average Bonchev–Trinajstić information content (AvgIpc) is 3.05. The van der Waals surface area contributed by atoms with E-state index in [0.717, 1.165) is 23.1 Å². The monoisotopic (exact) mass is 443 g/mol. The number of benzene rings is 2. The van der Waals surface area contributed by atoms with Gasteiger partial charge < -0.3 is 29.2 Å². The van der Waals surface area contributed by atoms with Gasteiger partial charge in [0.05, 0.1) is 12.4 Å². The summed E-state index contributed by atoms with van der Waals surface area (Å²) in [4.78, 5) is 1.43. The minimum absolute atomic E-state index is 0.0155. The van der Waals surface area contributed by atoms with Crippen molar-refractivity contribution in [3.8, 4) is 5.75 Å². The minimum atomic E-state index is -0.974. The van der Waals surface area contributed by atoms with Crippen LogP contribution in [0.3, 0.4) is 0 Å². The van der Waals surface area contributed by atoms with E-state index in [1.54, 1.807) is 19.2 Å². The van der Waals surface area contributed by atoms with Gasteiger partial charge in [-0.05, 0) is 42.2 Å². The summed E-state index contributed by atoms with van der Waals surface area (Å²) in [6, 6.07) is 13.4. The number of nitrogens with zero attached hydrogens (tertiary/aromatic N) is 1. The summed E-state index contributed by atoms with van der Waals surface area (Å²) in [6.07, 6.45) is 4.59. The lowest BCUT2D eigenvalue weighted by molar-refractivity contribution is 0.124. The SMILES string of the molecule is CN1C=C(O)OB(c2ccc(OC3CCc4c(Br)cccc43)cc2)O/C(O)=C\1. The van der Waals surface area contributed by atoms with Crippen molar-refractivity contribution in [2.45, 2.75) is 18.9 Å². The van der Waals surface area contributed by atoms with Crippen LogP contribution >= 0.6 is 15.9 Å². The topological polar surface area (TPSA) is 71.4 Å². The summed E-state index contributed by atoms with van der Waals surface area (Å²) in [6.45, 7) is 0. The Morgan fingerprint density at radius 2 is 1.75 bits per heavy atom. The van der Waals surface area contributed by atoms with Crippen LogP contribution in [0.15, 0.2) is 71.2 Å². The second-order valence-electron chi connectivity index (χ2n) is 6.69. The molecule has 2 N–H and O–H groups in total. The molecule has 1 aliphatic heterocycles. The lowest BCUT2D eigenvalue weighted by atomic mass is 9.79. The van der Waals surface area contributed by atoms with Gasteiger partial charge in [0.15, 0.2) is 0 Å².